The second-order valence-corrected chi connectivity index (χ2v) is 5.20. The zero-order chi connectivity index (χ0) is 13.8. The van der Waals surface area contributed by atoms with Crippen LogP contribution in [0.15, 0.2) is 33.9 Å². The summed E-state index contributed by atoms with van der Waals surface area (Å²) >= 11 is 1.41. The summed E-state index contributed by atoms with van der Waals surface area (Å²) in [5, 5.41) is 0.585. The summed E-state index contributed by atoms with van der Waals surface area (Å²) in [5.41, 5.74) is 1.40. The van der Waals surface area contributed by atoms with E-state index in [4.69, 9.17) is 4.42 Å². The van der Waals surface area contributed by atoms with E-state index in [0.717, 1.165) is 11.5 Å². The Morgan fingerprint density at radius 1 is 1.32 bits per heavy atom. The lowest BCUT2D eigenvalue weighted by atomic mass is 10.1. The van der Waals surface area contributed by atoms with E-state index in [0.29, 0.717) is 23.0 Å². The van der Waals surface area contributed by atoms with Crippen molar-refractivity contribution >= 4 is 17.5 Å². The lowest BCUT2D eigenvalue weighted by Gasteiger charge is -1.99. The molecule has 0 aliphatic carbocycles. The van der Waals surface area contributed by atoms with Gasteiger partial charge in [-0.1, -0.05) is 11.8 Å². The maximum absolute atomic E-state index is 12.7. The molecule has 1 heterocycles. The summed E-state index contributed by atoms with van der Waals surface area (Å²) in [6.45, 7) is 3.74. The Kier molecular flexibility index (Phi) is 4.37. The molecule has 0 atom stereocenters. The van der Waals surface area contributed by atoms with E-state index < -0.39 is 0 Å². The quantitative estimate of drug-likeness (QED) is 0.617. The van der Waals surface area contributed by atoms with Crippen LogP contribution >= 0.6 is 11.8 Å². The highest BCUT2D eigenvalue weighted by Crippen LogP contribution is 2.21. The van der Waals surface area contributed by atoms with Crippen LogP contribution in [0.2, 0.25) is 0 Å². The molecule has 0 amide bonds. The number of rotatable bonds is 5. The SMILES string of the molecule is Cc1nc(SCCC(=O)c2ccc(F)cc2)oc1C. The highest BCUT2D eigenvalue weighted by molar-refractivity contribution is 7.99. The van der Waals surface area contributed by atoms with Gasteiger partial charge in [0.05, 0.1) is 5.69 Å². The normalized spacial score (nSPS) is 10.7. The molecule has 5 heteroatoms. The number of thioether (sulfide) groups is 1. The number of aromatic nitrogens is 1. The second-order valence-electron chi connectivity index (χ2n) is 4.15. The number of Topliss-reactive ketones (excluding diaryl/α,β-unsaturated/α-hetero) is 1. The molecule has 3 nitrogen and oxygen atoms in total. The molecule has 0 saturated carbocycles. The van der Waals surface area contributed by atoms with Crippen LogP contribution in [0.5, 0.6) is 0 Å². The van der Waals surface area contributed by atoms with E-state index >= 15 is 0 Å². The number of carbonyl (C=O) groups is 1. The Morgan fingerprint density at radius 2 is 2.00 bits per heavy atom. The first-order chi connectivity index (χ1) is 9.06. The van der Waals surface area contributed by atoms with Crippen molar-refractivity contribution in [1.82, 2.24) is 4.98 Å². The average Bonchev–Trinajstić information content (AvgIpc) is 2.69. The molecule has 0 bridgehead atoms. The lowest BCUT2D eigenvalue weighted by Crippen LogP contribution is -2.00. The van der Waals surface area contributed by atoms with E-state index in [-0.39, 0.29) is 11.6 Å². The molecule has 0 spiro atoms. The fourth-order valence-corrected chi connectivity index (χ4v) is 2.36. The molecule has 0 aliphatic rings. The Morgan fingerprint density at radius 3 is 2.58 bits per heavy atom. The number of hydrogen-bond acceptors (Lipinski definition) is 4. The van der Waals surface area contributed by atoms with Crippen molar-refractivity contribution in [3.05, 3.63) is 47.1 Å². The minimum absolute atomic E-state index is 0.00694. The minimum Gasteiger partial charge on any atom is -0.437 e. The molecule has 1 aromatic carbocycles. The summed E-state index contributed by atoms with van der Waals surface area (Å²) in [4.78, 5) is 16.1. The van der Waals surface area contributed by atoms with Gasteiger partial charge in [0, 0.05) is 17.7 Å². The van der Waals surface area contributed by atoms with Crippen LogP contribution in [0, 0.1) is 19.7 Å². The summed E-state index contributed by atoms with van der Waals surface area (Å²) in [6, 6.07) is 5.59. The van der Waals surface area contributed by atoms with Gasteiger partial charge in [-0.25, -0.2) is 9.37 Å². The lowest BCUT2D eigenvalue weighted by molar-refractivity contribution is 0.0989. The molecule has 1 aromatic heterocycles. The van der Waals surface area contributed by atoms with Crippen molar-refractivity contribution in [1.29, 1.82) is 0 Å². The molecule has 100 valence electrons. The Labute approximate surface area is 115 Å². The molecule has 0 fully saturated rings. The predicted octanol–water partition coefficient (Wildman–Crippen LogP) is 3.80. The molecule has 0 aliphatic heterocycles. The third kappa shape index (κ3) is 3.67. The first-order valence-electron chi connectivity index (χ1n) is 5.92. The molecule has 19 heavy (non-hydrogen) atoms. The topological polar surface area (TPSA) is 43.1 Å². The summed E-state index contributed by atoms with van der Waals surface area (Å²) in [5.74, 6) is 1.05. The smallest absolute Gasteiger partial charge is 0.256 e. The van der Waals surface area contributed by atoms with E-state index in [1.807, 2.05) is 13.8 Å². The summed E-state index contributed by atoms with van der Waals surface area (Å²) in [6.07, 6.45) is 0.372. The predicted molar refractivity (Wildman–Crippen MR) is 72.0 cm³/mol. The third-order valence-electron chi connectivity index (χ3n) is 2.73. The Hall–Kier alpha value is -1.62. The van der Waals surface area contributed by atoms with Gasteiger partial charge in [0.15, 0.2) is 5.78 Å². The van der Waals surface area contributed by atoms with Crippen molar-refractivity contribution in [3.63, 3.8) is 0 Å². The first-order valence-corrected chi connectivity index (χ1v) is 6.90. The average molecular weight is 279 g/mol. The molecular weight excluding hydrogens is 265 g/mol. The Balaban J connectivity index is 1.85. The third-order valence-corrected chi connectivity index (χ3v) is 3.56. The van der Waals surface area contributed by atoms with Gasteiger partial charge in [-0.2, -0.15) is 0 Å². The van der Waals surface area contributed by atoms with Gasteiger partial charge in [0.1, 0.15) is 11.6 Å². The number of aryl methyl sites for hydroxylation is 2. The van der Waals surface area contributed by atoms with Gasteiger partial charge in [0.2, 0.25) is 0 Å². The molecule has 2 aromatic rings. The van der Waals surface area contributed by atoms with Gasteiger partial charge in [0.25, 0.3) is 5.22 Å². The molecule has 2 rings (SSSR count). The maximum Gasteiger partial charge on any atom is 0.256 e. The van der Waals surface area contributed by atoms with Gasteiger partial charge in [-0.15, -0.1) is 0 Å². The molecule has 0 N–H and O–H groups in total. The maximum atomic E-state index is 12.7. The molecular formula is C14H14FNO2S. The van der Waals surface area contributed by atoms with Crippen molar-refractivity contribution in [2.24, 2.45) is 0 Å². The van der Waals surface area contributed by atoms with Crippen molar-refractivity contribution in [2.75, 3.05) is 5.75 Å². The second kappa shape index (κ2) is 6.02. The van der Waals surface area contributed by atoms with Gasteiger partial charge in [-0.3, -0.25) is 4.79 Å². The number of nitrogens with zero attached hydrogens (tertiary/aromatic N) is 1. The zero-order valence-corrected chi connectivity index (χ0v) is 11.6. The zero-order valence-electron chi connectivity index (χ0n) is 10.8. The van der Waals surface area contributed by atoms with E-state index in [9.17, 15) is 9.18 Å². The number of hydrogen-bond donors (Lipinski definition) is 0. The van der Waals surface area contributed by atoms with Gasteiger partial charge < -0.3 is 4.42 Å². The van der Waals surface area contributed by atoms with Crippen molar-refractivity contribution < 1.29 is 13.6 Å². The monoisotopic (exact) mass is 279 g/mol. The van der Waals surface area contributed by atoms with Crippen LogP contribution in [0.1, 0.15) is 28.2 Å². The highest BCUT2D eigenvalue weighted by Gasteiger charge is 2.09. The van der Waals surface area contributed by atoms with E-state index in [1.54, 1.807) is 0 Å². The van der Waals surface area contributed by atoms with Crippen molar-refractivity contribution in [3.8, 4) is 0 Å². The standard InChI is InChI=1S/C14H14FNO2S/c1-9-10(2)18-14(16-9)19-8-7-13(17)11-3-5-12(15)6-4-11/h3-6H,7-8H2,1-2H3. The fourth-order valence-electron chi connectivity index (χ4n) is 1.52. The number of carbonyl (C=O) groups excluding carboxylic acids is 1. The van der Waals surface area contributed by atoms with Crippen LogP contribution in [0.4, 0.5) is 4.39 Å². The largest absolute Gasteiger partial charge is 0.437 e. The van der Waals surface area contributed by atoms with Gasteiger partial charge in [-0.05, 0) is 38.1 Å². The van der Waals surface area contributed by atoms with E-state index in [1.165, 1.54) is 36.0 Å². The van der Waals surface area contributed by atoms with Crippen LogP contribution in [-0.2, 0) is 0 Å². The fraction of sp³-hybridized carbons (Fsp3) is 0.286. The number of ketones is 1. The summed E-state index contributed by atoms with van der Waals surface area (Å²) < 4.78 is 18.1. The Bertz CT molecular complexity index is 558. The number of oxazole rings is 1. The highest BCUT2D eigenvalue weighted by atomic mass is 32.2. The molecule has 0 unspecified atom stereocenters. The minimum atomic E-state index is -0.336. The van der Waals surface area contributed by atoms with Crippen LogP contribution in [0.3, 0.4) is 0 Å². The van der Waals surface area contributed by atoms with E-state index in [2.05, 4.69) is 4.98 Å². The number of benzene rings is 1. The molecule has 0 radical (unpaired) electrons. The first kappa shape index (κ1) is 13.8. The van der Waals surface area contributed by atoms with Crippen LogP contribution < -0.4 is 0 Å². The summed E-state index contributed by atoms with van der Waals surface area (Å²) in [7, 11) is 0. The van der Waals surface area contributed by atoms with Crippen LogP contribution in [0.25, 0.3) is 0 Å². The van der Waals surface area contributed by atoms with Crippen LogP contribution in [-0.4, -0.2) is 16.5 Å². The van der Waals surface area contributed by atoms with Crippen molar-refractivity contribution in [2.45, 2.75) is 25.5 Å². The number of halogens is 1. The van der Waals surface area contributed by atoms with Gasteiger partial charge >= 0.3 is 0 Å². The molecule has 0 saturated heterocycles.